The summed E-state index contributed by atoms with van der Waals surface area (Å²) in [6.07, 6.45) is 1.82. The summed E-state index contributed by atoms with van der Waals surface area (Å²) < 4.78 is 6.95. The second-order valence-electron chi connectivity index (χ2n) is 5.62. The molecule has 5 nitrogen and oxygen atoms in total. The highest BCUT2D eigenvalue weighted by atomic mass is 35.5. The molecular weight excluding hydrogens is 373 g/mol. The van der Waals surface area contributed by atoms with E-state index in [1.807, 2.05) is 36.4 Å². The number of rotatable bonds is 6. The van der Waals surface area contributed by atoms with Gasteiger partial charge in [0.05, 0.1) is 36.3 Å². The number of methoxy groups -OCH3 is 1. The number of ether oxygens (including phenoxy) is 1. The summed E-state index contributed by atoms with van der Waals surface area (Å²) >= 11 is 12.3. The number of amides is 1. The molecule has 0 aliphatic carbocycles. The third kappa shape index (κ3) is 4.18. The topological polar surface area (TPSA) is 56.1 Å². The number of hydrogen-bond acceptors (Lipinski definition) is 3. The summed E-state index contributed by atoms with van der Waals surface area (Å²) in [6.45, 7) is 0.399. The maximum absolute atomic E-state index is 12.4. The Balaban J connectivity index is 1.72. The van der Waals surface area contributed by atoms with E-state index in [1.165, 1.54) is 0 Å². The van der Waals surface area contributed by atoms with Crippen molar-refractivity contribution in [1.29, 1.82) is 0 Å². The minimum atomic E-state index is -0.159. The fourth-order valence-corrected chi connectivity index (χ4v) is 2.99. The molecule has 0 aliphatic rings. The molecule has 0 aliphatic heterocycles. The van der Waals surface area contributed by atoms with Gasteiger partial charge in [-0.15, -0.1) is 0 Å². The Bertz CT molecular complexity index is 925. The maximum Gasteiger partial charge on any atom is 0.230 e. The summed E-state index contributed by atoms with van der Waals surface area (Å²) in [7, 11) is 1.58. The molecule has 134 valence electrons. The molecule has 1 N–H and O–H groups in total. The minimum absolute atomic E-state index is 0.159. The van der Waals surface area contributed by atoms with Crippen molar-refractivity contribution in [3.05, 3.63) is 75.9 Å². The van der Waals surface area contributed by atoms with Crippen molar-refractivity contribution in [2.75, 3.05) is 12.4 Å². The molecule has 1 amide bonds. The standard InChI is InChI=1S/C19H17Cl2N3O2/c1-26-16-8-3-2-5-13(16)11-18(25)23-17-9-10-22-24(17)12-14-6-4-7-15(20)19(14)21/h2-10H,11-12H2,1H3,(H,23,25). The average Bonchev–Trinajstić information content (AvgIpc) is 3.06. The van der Waals surface area contributed by atoms with Crippen LogP contribution in [-0.4, -0.2) is 22.8 Å². The number of aromatic nitrogens is 2. The first-order chi connectivity index (χ1) is 12.6. The quantitative estimate of drug-likeness (QED) is 0.678. The van der Waals surface area contributed by atoms with Gasteiger partial charge in [0.2, 0.25) is 5.91 Å². The van der Waals surface area contributed by atoms with Gasteiger partial charge in [-0.3, -0.25) is 4.79 Å². The zero-order valence-electron chi connectivity index (χ0n) is 14.1. The average molecular weight is 390 g/mol. The molecule has 0 spiro atoms. The number of halogens is 2. The molecule has 1 aromatic heterocycles. The van der Waals surface area contributed by atoms with Crippen LogP contribution >= 0.6 is 23.2 Å². The number of nitrogens with one attached hydrogen (secondary N) is 1. The smallest absolute Gasteiger partial charge is 0.230 e. The Hall–Kier alpha value is -2.50. The molecule has 2 aromatic carbocycles. The van der Waals surface area contributed by atoms with Crippen molar-refractivity contribution in [3.8, 4) is 5.75 Å². The van der Waals surface area contributed by atoms with Crippen LogP contribution in [0.15, 0.2) is 54.7 Å². The van der Waals surface area contributed by atoms with Gasteiger partial charge < -0.3 is 10.1 Å². The molecule has 3 aromatic rings. The van der Waals surface area contributed by atoms with Crippen molar-refractivity contribution in [2.45, 2.75) is 13.0 Å². The van der Waals surface area contributed by atoms with Crippen molar-refractivity contribution < 1.29 is 9.53 Å². The van der Waals surface area contributed by atoms with Crippen LogP contribution < -0.4 is 10.1 Å². The van der Waals surface area contributed by atoms with Crippen LogP contribution in [0.3, 0.4) is 0 Å². The van der Waals surface area contributed by atoms with E-state index >= 15 is 0 Å². The van der Waals surface area contributed by atoms with Gasteiger partial charge in [0.1, 0.15) is 11.6 Å². The first kappa shape index (κ1) is 18.3. The molecule has 1 heterocycles. The van der Waals surface area contributed by atoms with Crippen LogP contribution in [0, 0.1) is 0 Å². The fourth-order valence-electron chi connectivity index (χ4n) is 2.61. The van der Waals surface area contributed by atoms with Crippen molar-refractivity contribution in [3.63, 3.8) is 0 Å². The third-order valence-corrected chi connectivity index (χ3v) is 4.74. The largest absolute Gasteiger partial charge is 0.496 e. The van der Waals surface area contributed by atoms with Crippen molar-refractivity contribution in [2.24, 2.45) is 0 Å². The van der Waals surface area contributed by atoms with E-state index in [0.29, 0.717) is 28.2 Å². The Kier molecular flexibility index (Phi) is 5.81. The molecule has 0 saturated carbocycles. The van der Waals surface area contributed by atoms with Gasteiger partial charge in [0.15, 0.2) is 0 Å². The Morgan fingerprint density at radius 2 is 1.88 bits per heavy atom. The fraction of sp³-hybridized carbons (Fsp3) is 0.158. The van der Waals surface area contributed by atoms with Gasteiger partial charge >= 0.3 is 0 Å². The number of hydrogen-bond donors (Lipinski definition) is 1. The van der Waals surface area contributed by atoms with Gasteiger partial charge in [0.25, 0.3) is 0 Å². The lowest BCUT2D eigenvalue weighted by molar-refractivity contribution is -0.115. The summed E-state index contributed by atoms with van der Waals surface area (Å²) in [6, 6.07) is 14.6. The molecule has 7 heteroatoms. The van der Waals surface area contributed by atoms with E-state index in [4.69, 9.17) is 27.9 Å². The molecular formula is C19H17Cl2N3O2. The van der Waals surface area contributed by atoms with Gasteiger partial charge in [-0.05, 0) is 17.7 Å². The Labute approximate surface area is 161 Å². The first-order valence-corrected chi connectivity index (χ1v) is 8.70. The number of carbonyl (C=O) groups is 1. The van der Waals surface area contributed by atoms with Crippen molar-refractivity contribution >= 4 is 34.9 Å². The monoisotopic (exact) mass is 389 g/mol. The first-order valence-electron chi connectivity index (χ1n) is 7.95. The third-order valence-electron chi connectivity index (χ3n) is 3.88. The molecule has 0 saturated heterocycles. The van der Waals surface area contributed by atoms with Crippen LogP contribution in [0.2, 0.25) is 10.0 Å². The van der Waals surface area contributed by atoms with E-state index in [1.54, 1.807) is 30.1 Å². The van der Waals surface area contributed by atoms with Crippen LogP contribution in [-0.2, 0) is 17.8 Å². The van der Waals surface area contributed by atoms with Crippen LogP contribution in [0.1, 0.15) is 11.1 Å². The van der Waals surface area contributed by atoms with E-state index < -0.39 is 0 Å². The highest BCUT2D eigenvalue weighted by molar-refractivity contribution is 6.42. The lowest BCUT2D eigenvalue weighted by Gasteiger charge is -2.12. The second kappa shape index (κ2) is 8.25. The van der Waals surface area contributed by atoms with Gasteiger partial charge in [-0.25, -0.2) is 4.68 Å². The molecule has 0 radical (unpaired) electrons. The minimum Gasteiger partial charge on any atom is -0.496 e. The van der Waals surface area contributed by atoms with Crippen LogP contribution in [0.4, 0.5) is 5.82 Å². The number of anilines is 1. The zero-order valence-corrected chi connectivity index (χ0v) is 15.6. The number of nitrogens with zero attached hydrogens (tertiary/aromatic N) is 2. The Morgan fingerprint density at radius 3 is 2.69 bits per heavy atom. The number of benzene rings is 2. The number of para-hydroxylation sites is 1. The van der Waals surface area contributed by atoms with Gasteiger partial charge in [0, 0.05) is 11.6 Å². The van der Waals surface area contributed by atoms with E-state index in [-0.39, 0.29) is 12.3 Å². The van der Waals surface area contributed by atoms with E-state index in [0.717, 1.165) is 11.1 Å². The molecule has 0 atom stereocenters. The second-order valence-corrected chi connectivity index (χ2v) is 6.41. The maximum atomic E-state index is 12.4. The van der Waals surface area contributed by atoms with Crippen LogP contribution in [0.25, 0.3) is 0 Å². The normalized spacial score (nSPS) is 10.6. The van der Waals surface area contributed by atoms with Crippen LogP contribution in [0.5, 0.6) is 5.75 Å². The van der Waals surface area contributed by atoms with E-state index in [9.17, 15) is 4.79 Å². The zero-order chi connectivity index (χ0) is 18.5. The predicted molar refractivity (Wildman–Crippen MR) is 103 cm³/mol. The summed E-state index contributed by atoms with van der Waals surface area (Å²) in [5.74, 6) is 1.11. The molecule has 0 fully saturated rings. The molecule has 26 heavy (non-hydrogen) atoms. The summed E-state index contributed by atoms with van der Waals surface area (Å²) in [4.78, 5) is 12.4. The SMILES string of the molecule is COc1ccccc1CC(=O)Nc1ccnn1Cc1cccc(Cl)c1Cl. The highest BCUT2D eigenvalue weighted by Crippen LogP contribution is 2.26. The predicted octanol–water partition coefficient (Wildman–Crippen LogP) is 4.43. The molecule has 3 rings (SSSR count). The Morgan fingerprint density at radius 1 is 1.12 bits per heavy atom. The number of carbonyl (C=O) groups excluding carboxylic acids is 1. The molecule has 0 bridgehead atoms. The summed E-state index contributed by atoms with van der Waals surface area (Å²) in [5, 5.41) is 8.09. The van der Waals surface area contributed by atoms with E-state index in [2.05, 4.69) is 10.4 Å². The van der Waals surface area contributed by atoms with Gasteiger partial charge in [-0.1, -0.05) is 53.5 Å². The van der Waals surface area contributed by atoms with Gasteiger partial charge in [-0.2, -0.15) is 5.10 Å². The van der Waals surface area contributed by atoms with Crippen molar-refractivity contribution in [1.82, 2.24) is 9.78 Å². The summed E-state index contributed by atoms with van der Waals surface area (Å²) in [5.41, 5.74) is 1.64. The lowest BCUT2D eigenvalue weighted by Crippen LogP contribution is -2.18. The highest BCUT2D eigenvalue weighted by Gasteiger charge is 2.12. The molecule has 0 unspecified atom stereocenters. The lowest BCUT2D eigenvalue weighted by atomic mass is 10.1.